The predicted molar refractivity (Wildman–Crippen MR) is 113 cm³/mol. The number of hydrogen-bond acceptors (Lipinski definition) is 6. The molecule has 0 bridgehead atoms. The molecule has 2 aromatic rings. The molecule has 0 spiro atoms. The van der Waals surface area contributed by atoms with Crippen molar-refractivity contribution in [1.29, 1.82) is 0 Å². The van der Waals surface area contributed by atoms with Gasteiger partial charge in [-0.2, -0.15) is 8.42 Å². The highest BCUT2D eigenvalue weighted by Gasteiger charge is 2.32. The van der Waals surface area contributed by atoms with Crippen molar-refractivity contribution in [3.05, 3.63) is 53.6 Å². The molecule has 156 valence electrons. The van der Waals surface area contributed by atoms with Crippen LogP contribution in [0.2, 0.25) is 0 Å². The minimum absolute atomic E-state index is 0.0158. The zero-order valence-corrected chi connectivity index (χ0v) is 17.2. The van der Waals surface area contributed by atoms with Gasteiger partial charge in [-0.15, -0.1) is 4.40 Å². The van der Waals surface area contributed by atoms with Gasteiger partial charge in [0.15, 0.2) is 0 Å². The highest BCUT2D eigenvalue weighted by molar-refractivity contribution is 7.90. The van der Waals surface area contributed by atoms with Gasteiger partial charge in [-0.25, -0.2) is 4.79 Å². The van der Waals surface area contributed by atoms with Gasteiger partial charge < -0.3 is 15.0 Å². The van der Waals surface area contributed by atoms with Crippen LogP contribution in [0.5, 0.6) is 0 Å². The molecule has 2 heterocycles. The van der Waals surface area contributed by atoms with Crippen LogP contribution in [-0.2, 0) is 14.8 Å². The average Bonchev–Trinajstić information content (AvgIpc) is 2.98. The first-order valence-electron chi connectivity index (χ1n) is 9.65. The Morgan fingerprint density at radius 1 is 1.10 bits per heavy atom. The standard InChI is InChI=1S/C21H21N3O5S/c1-29-21(26)15-7-4-5-8-16(15)22-20(25)14-10-11-17-18(13-14)30(27,28)23-19-9-3-2-6-12-24(17)19/h4-5,7-8,10-11,13H,2-3,6,9,12H2,1H3,(H,22,25). The highest BCUT2D eigenvalue weighted by atomic mass is 32.2. The number of fused-ring (bicyclic) bond motifs is 3. The van der Waals surface area contributed by atoms with E-state index in [2.05, 4.69) is 9.71 Å². The highest BCUT2D eigenvalue weighted by Crippen LogP contribution is 2.35. The first-order chi connectivity index (χ1) is 14.4. The van der Waals surface area contributed by atoms with Crippen LogP contribution < -0.4 is 10.2 Å². The van der Waals surface area contributed by atoms with Crippen molar-refractivity contribution in [2.45, 2.75) is 30.6 Å². The van der Waals surface area contributed by atoms with Gasteiger partial charge in [0.1, 0.15) is 10.7 Å². The molecular formula is C21H21N3O5S. The molecule has 0 saturated carbocycles. The fourth-order valence-corrected chi connectivity index (χ4v) is 4.98. The molecule has 2 aliphatic rings. The molecule has 1 amide bonds. The number of hydrogen-bond donors (Lipinski definition) is 1. The maximum atomic E-state index is 12.8. The quantitative estimate of drug-likeness (QED) is 0.754. The van der Waals surface area contributed by atoms with Crippen molar-refractivity contribution in [2.75, 3.05) is 23.9 Å². The maximum Gasteiger partial charge on any atom is 0.339 e. The second-order valence-corrected chi connectivity index (χ2v) is 8.69. The molecule has 8 nitrogen and oxygen atoms in total. The van der Waals surface area contributed by atoms with Crippen LogP contribution in [0.25, 0.3) is 0 Å². The van der Waals surface area contributed by atoms with Crippen molar-refractivity contribution in [2.24, 2.45) is 4.40 Å². The molecule has 2 aromatic carbocycles. The third-order valence-electron chi connectivity index (χ3n) is 5.19. The Kier molecular flexibility index (Phi) is 5.29. The van der Waals surface area contributed by atoms with E-state index in [4.69, 9.17) is 4.74 Å². The Bertz CT molecular complexity index is 1160. The summed E-state index contributed by atoms with van der Waals surface area (Å²) in [6.07, 6.45) is 3.49. The summed E-state index contributed by atoms with van der Waals surface area (Å²) in [5, 5.41) is 2.66. The lowest BCUT2D eigenvalue weighted by atomic mass is 10.1. The van der Waals surface area contributed by atoms with Gasteiger partial charge >= 0.3 is 5.97 Å². The number of methoxy groups -OCH3 is 1. The molecule has 4 rings (SSSR count). The zero-order valence-electron chi connectivity index (χ0n) is 16.4. The number of rotatable bonds is 3. The van der Waals surface area contributed by atoms with Gasteiger partial charge in [-0.3, -0.25) is 4.79 Å². The molecule has 1 fully saturated rings. The Balaban J connectivity index is 1.68. The number of esters is 1. The van der Waals surface area contributed by atoms with Crippen molar-refractivity contribution in [1.82, 2.24) is 0 Å². The number of ether oxygens (including phenoxy) is 1. The Labute approximate surface area is 174 Å². The van der Waals surface area contributed by atoms with Gasteiger partial charge in [0, 0.05) is 18.5 Å². The van der Waals surface area contributed by atoms with E-state index in [1.165, 1.54) is 19.2 Å². The van der Waals surface area contributed by atoms with Crippen LogP contribution >= 0.6 is 0 Å². The number of anilines is 2. The third kappa shape index (κ3) is 3.68. The number of nitrogens with zero attached hydrogens (tertiary/aromatic N) is 2. The smallest absolute Gasteiger partial charge is 0.339 e. The fourth-order valence-electron chi connectivity index (χ4n) is 3.70. The van der Waals surface area contributed by atoms with Crippen LogP contribution in [-0.4, -0.2) is 39.8 Å². The van der Waals surface area contributed by atoms with E-state index in [0.717, 1.165) is 19.3 Å². The first-order valence-corrected chi connectivity index (χ1v) is 11.1. The van der Waals surface area contributed by atoms with Crippen LogP contribution in [0.15, 0.2) is 51.8 Å². The van der Waals surface area contributed by atoms with Crippen LogP contribution in [0.1, 0.15) is 46.4 Å². The molecule has 0 radical (unpaired) electrons. The number of nitrogens with one attached hydrogen (secondary N) is 1. The summed E-state index contributed by atoms with van der Waals surface area (Å²) in [5.41, 5.74) is 1.19. The summed E-state index contributed by atoms with van der Waals surface area (Å²) >= 11 is 0. The van der Waals surface area contributed by atoms with Crippen LogP contribution in [0.4, 0.5) is 11.4 Å². The van der Waals surface area contributed by atoms with E-state index in [1.807, 2.05) is 4.90 Å². The SMILES string of the molecule is COC(=O)c1ccccc1NC(=O)c1ccc2c(c1)S(=O)(=O)N=C1CCCCCN12. The van der Waals surface area contributed by atoms with Crippen molar-refractivity contribution in [3.63, 3.8) is 0 Å². The van der Waals surface area contributed by atoms with Gasteiger partial charge in [-0.1, -0.05) is 18.6 Å². The fraction of sp³-hybridized carbons (Fsp3) is 0.286. The van der Waals surface area contributed by atoms with Gasteiger partial charge in [0.2, 0.25) is 0 Å². The topological polar surface area (TPSA) is 105 Å². The number of carbonyl (C=O) groups excluding carboxylic acids is 2. The summed E-state index contributed by atoms with van der Waals surface area (Å²) in [4.78, 5) is 26.7. The molecule has 0 aliphatic carbocycles. The van der Waals surface area contributed by atoms with Crippen LogP contribution in [0.3, 0.4) is 0 Å². The molecule has 1 saturated heterocycles. The first kappa shape index (κ1) is 20.1. The minimum Gasteiger partial charge on any atom is -0.465 e. The van der Waals surface area contributed by atoms with E-state index < -0.39 is 21.9 Å². The van der Waals surface area contributed by atoms with Gasteiger partial charge in [0.25, 0.3) is 15.9 Å². The number of carbonyl (C=O) groups is 2. The number of amides is 1. The molecule has 30 heavy (non-hydrogen) atoms. The lowest BCUT2D eigenvalue weighted by molar-refractivity contribution is 0.0602. The summed E-state index contributed by atoms with van der Waals surface area (Å²) in [6, 6.07) is 11.0. The third-order valence-corrected chi connectivity index (χ3v) is 6.52. The number of para-hydroxylation sites is 1. The largest absolute Gasteiger partial charge is 0.465 e. The summed E-state index contributed by atoms with van der Waals surface area (Å²) in [7, 11) is -2.63. The average molecular weight is 427 g/mol. The molecule has 0 atom stereocenters. The second-order valence-electron chi connectivity index (χ2n) is 7.12. The lowest BCUT2D eigenvalue weighted by Crippen LogP contribution is -2.35. The van der Waals surface area contributed by atoms with Gasteiger partial charge in [0.05, 0.1) is 24.0 Å². The maximum absolute atomic E-state index is 12.8. The van der Waals surface area contributed by atoms with Crippen LogP contribution in [0, 0.1) is 0 Å². The van der Waals surface area contributed by atoms with Gasteiger partial charge in [-0.05, 0) is 43.2 Å². The zero-order chi connectivity index (χ0) is 21.3. The van der Waals surface area contributed by atoms with E-state index in [0.29, 0.717) is 24.5 Å². The van der Waals surface area contributed by atoms with E-state index >= 15 is 0 Å². The lowest BCUT2D eigenvalue weighted by Gasteiger charge is -2.29. The molecule has 0 unspecified atom stereocenters. The number of amidine groups is 1. The van der Waals surface area contributed by atoms with E-state index in [-0.39, 0.29) is 21.7 Å². The Morgan fingerprint density at radius 3 is 2.70 bits per heavy atom. The number of sulfonamides is 1. The molecule has 9 heteroatoms. The van der Waals surface area contributed by atoms with Crippen molar-refractivity contribution >= 4 is 39.1 Å². The molecule has 0 aromatic heterocycles. The normalized spacial score (nSPS) is 17.1. The predicted octanol–water partition coefficient (Wildman–Crippen LogP) is 3.21. The monoisotopic (exact) mass is 427 g/mol. The number of benzene rings is 2. The summed E-state index contributed by atoms with van der Waals surface area (Å²) in [6.45, 7) is 0.694. The minimum atomic E-state index is -3.89. The van der Waals surface area contributed by atoms with E-state index in [1.54, 1.807) is 30.3 Å². The molecular weight excluding hydrogens is 406 g/mol. The summed E-state index contributed by atoms with van der Waals surface area (Å²) < 4.78 is 34.2. The molecule has 1 N–H and O–H groups in total. The van der Waals surface area contributed by atoms with Crippen molar-refractivity contribution in [3.8, 4) is 0 Å². The Morgan fingerprint density at radius 2 is 1.90 bits per heavy atom. The van der Waals surface area contributed by atoms with Crippen molar-refractivity contribution < 1.29 is 22.7 Å². The Hall–Kier alpha value is -3.20. The second kappa shape index (κ2) is 7.91. The van der Waals surface area contributed by atoms with E-state index in [9.17, 15) is 18.0 Å². The summed E-state index contributed by atoms with van der Waals surface area (Å²) in [5.74, 6) is -0.554. The molecule has 2 aliphatic heterocycles.